The largest absolute Gasteiger partial charge is 0.480 e. The highest BCUT2D eigenvalue weighted by Gasteiger charge is 2.34. The second kappa shape index (κ2) is 31.4. The Labute approximate surface area is 392 Å². The molecule has 376 valence electrons. The number of aliphatic imine (C=N–C) groups is 2. The third kappa shape index (κ3) is 24.5. The maximum absolute atomic E-state index is 14.3. The molecule has 1 aromatic carbocycles. The molecular weight excluding hydrogens is 871 g/mol. The van der Waals surface area contributed by atoms with Gasteiger partial charge in [-0.25, -0.2) is 0 Å². The predicted octanol–water partition coefficient (Wildman–Crippen LogP) is -3.38. The van der Waals surface area contributed by atoms with Crippen molar-refractivity contribution in [3.63, 3.8) is 0 Å². The van der Waals surface area contributed by atoms with E-state index >= 15 is 0 Å². The summed E-state index contributed by atoms with van der Waals surface area (Å²) < 4.78 is 0. The topological polar surface area (TPSA) is 422 Å². The normalized spacial score (nSPS) is 14.1. The van der Waals surface area contributed by atoms with E-state index in [4.69, 9.17) is 34.4 Å². The Bertz CT molecular complexity index is 1820. The quantitative estimate of drug-likeness (QED) is 0.0190. The van der Waals surface area contributed by atoms with Crippen LogP contribution in [0.3, 0.4) is 0 Å². The first-order chi connectivity index (χ1) is 31.5. The number of rotatable bonds is 32. The molecule has 0 aliphatic rings. The molecule has 24 nitrogen and oxygen atoms in total. The van der Waals surface area contributed by atoms with Crippen molar-refractivity contribution in [2.45, 2.75) is 135 Å². The number of guanidine groups is 2. The van der Waals surface area contributed by atoms with Gasteiger partial charge >= 0.3 is 5.97 Å². The van der Waals surface area contributed by atoms with E-state index in [1.54, 1.807) is 44.2 Å². The molecule has 0 saturated carbocycles. The standard InChI is InChI=1S/C43H75N15O9/c1-24(2)21-31(40(66)57-32(36(62)52-23-33(59)60)22-27-13-7-6-8-14-27)56-39(65)30(17-12-20-51-43(48)49)54-38(64)29(16-11-19-50-42(46)47)53-37(63)28(15-9-10-18-44)55-41(67)34(25(3)4)58-35(61)26(5)45/h6-8,13-14,24-26,28-32,34H,9-12,15-23,44-45H2,1-5H3,(H,52,62)(H,53,63)(H,54,64)(H,55,67)(H,56,65)(H,57,66)(H,58,61)(H,59,60)(H4,46,47,50)(H4,48,49,51)/t26-,28-,29-,30-,31-,32-,34-/m0/s1. The van der Waals surface area contributed by atoms with Gasteiger partial charge in [-0.15, -0.1) is 0 Å². The molecular formula is C43H75N15O9. The zero-order valence-corrected chi connectivity index (χ0v) is 39.3. The fourth-order valence-electron chi connectivity index (χ4n) is 6.52. The van der Waals surface area contributed by atoms with Gasteiger partial charge in [0.2, 0.25) is 41.4 Å². The molecule has 0 unspecified atom stereocenters. The second-order valence-electron chi connectivity index (χ2n) is 16.9. The van der Waals surface area contributed by atoms with Crippen LogP contribution in [-0.4, -0.2) is 133 Å². The number of nitrogens with one attached hydrogen (secondary N) is 7. The number of carbonyl (C=O) groups excluding carboxylic acids is 7. The molecule has 0 spiro atoms. The van der Waals surface area contributed by atoms with Crippen molar-refractivity contribution < 1.29 is 43.5 Å². The van der Waals surface area contributed by atoms with Gasteiger partial charge in [0.25, 0.3) is 0 Å². The molecule has 0 radical (unpaired) electrons. The Kier molecular flexibility index (Phi) is 27.4. The number of nitrogens with zero attached hydrogens (tertiary/aromatic N) is 2. The summed E-state index contributed by atoms with van der Waals surface area (Å²) in [6, 6.07) is 0.440. The van der Waals surface area contributed by atoms with Crippen LogP contribution in [0, 0.1) is 11.8 Å². The second-order valence-corrected chi connectivity index (χ2v) is 16.9. The molecule has 0 heterocycles. The number of hydrogen-bond acceptors (Lipinski definition) is 12. The van der Waals surface area contributed by atoms with Crippen molar-refractivity contribution in [3.05, 3.63) is 35.9 Å². The van der Waals surface area contributed by atoms with Crippen molar-refractivity contribution in [2.75, 3.05) is 26.2 Å². The molecule has 0 saturated heterocycles. The van der Waals surface area contributed by atoms with E-state index < -0.39 is 102 Å². The third-order valence-corrected chi connectivity index (χ3v) is 10.1. The summed E-state index contributed by atoms with van der Waals surface area (Å²) >= 11 is 0. The molecule has 24 heteroatoms. The predicted molar refractivity (Wildman–Crippen MR) is 253 cm³/mol. The number of nitrogens with two attached hydrogens (primary N) is 6. The minimum atomic E-state index is -1.33. The highest BCUT2D eigenvalue weighted by Crippen LogP contribution is 2.12. The number of amides is 7. The molecule has 0 fully saturated rings. The van der Waals surface area contributed by atoms with E-state index in [9.17, 15) is 43.5 Å². The lowest BCUT2D eigenvalue weighted by atomic mass is 10.00. The molecule has 1 aromatic rings. The van der Waals surface area contributed by atoms with Crippen molar-refractivity contribution >= 4 is 59.2 Å². The fraction of sp³-hybridized carbons (Fsp3) is 0.628. The average molecular weight is 946 g/mol. The van der Waals surface area contributed by atoms with Gasteiger partial charge in [0.15, 0.2) is 11.9 Å². The summed E-state index contributed by atoms with van der Waals surface area (Å²) in [6.45, 7) is 8.24. The lowest BCUT2D eigenvalue weighted by Gasteiger charge is -2.28. The van der Waals surface area contributed by atoms with Gasteiger partial charge in [-0.2, -0.15) is 0 Å². The maximum atomic E-state index is 14.3. The summed E-state index contributed by atoms with van der Waals surface area (Å²) in [5, 5.41) is 27.5. The molecule has 7 amide bonds. The fourth-order valence-corrected chi connectivity index (χ4v) is 6.52. The molecule has 67 heavy (non-hydrogen) atoms. The number of hydrogen-bond donors (Lipinski definition) is 14. The van der Waals surface area contributed by atoms with Gasteiger partial charge in [-0.05, 0) is 82.2 Å². The first-order valence-corrected chi connectivity index (χ1v) is 22.5. The summed E-state index contributed by atoms with van der Waals surface area (Å²) in [6.07, 6.45) is 1.40. The first-order valence-electron chi connectivity index (χ1n) is 22.5. The monoisotopic (exact) mass is 946 g/mol. The van der Waals surface area contributed by atoms with Crippen LogP contribution in [0.5, 0.6) is 0 Å². The Morgan fingerprint density at radius 3 is 1.45 bits per heavy atom. The lowest BCUT2D eigenvalue weighted by Crippen LogP contribution is -2.60. The maximum Gasteiger partial charge on any atom is 0.322 e. The Morgan fingerprint density at radius 1 is 0.567 bits per heavy atom. The van der Waals surface area contributed by atoms with Crippen molar-refractivity contribution in [1.82, 2.24) is 37.2 Å². The number of benzene rings is 1. The SMILES string of the molecule is CC(C)C[C@H](NC(=O)[C@H](CCCN=C(N)N)NC(=O)[C@H](CCCN=C(N)N)NC(=O)[C@H](CCCCN)NC(=O)[C@@H](NC(=O)[C@H](C)N)C(C)C)C(=O)N[C@@H](Cc1ccccc1)C(=O)NCC(=O)O. The smallest absolute Gasteiger partial charge is 0.322 e. The molecule has 1 rings (SSSR count). The summed E-state index contributed by atoms with van der Waals surface area (Å²) in [5.41, 5.74) is 34.2. The van der Waals surface area contributed by atoms with E-state index in [2.05, 4.69) is 47.2 Å². The Morgan fingerprint density at radius 2 is 1.01 bits per heavy atom. The van der Waals surface area contributed by atoms with E-state index in [0.717, 1.165) is 0 Å². The first kappa shape index (κ1) is 58.5. The van der Waals surface area contributed by atoms with Gasteiger partial charge in [-0.1, -0.05) is 58.0 Å². The number of carbonyl (C=O) groups is 8. The highest BCUT2D eigenvalue weighted by molar-refractivity contribution is 5.97. The van der Waals surface area contributed by atoms with Gasteiger partial charge in [0, 0.05) is 19.5 Å². The van der Waals surface area contributed by atoms with Crippen molar-refractivity contribution in [1.29, 1.82) is 0 Å². The van der Waals surface area contributed by atoms with Crippen molar-refractivity contribution in [3.8, 4) is 0 Å². The van der Waals surface area contributed by atoms with E-state index in [1.165, 1.54) is 6.92 Å². The van der Waals surface area contributed by atoms with E-state index in [0.29, 0.717) is 24.9 Å². The number of aliphatic carboxylic acids is 1. The van der Waals surface area contributed by atoms with Crippen LogP contribution in [0.1, 0.15) is 91.5 Å². The van der Waals surface area contributed by atoms with Crippen LogP contribution in [0.15, 0.2) is 40.3 Å². The lowest BCUT2D eigenvalue weighted by molar-refractivity contribution is -0.138. The van der Waals surface area contributed by atoms with Crippen LogP contribution in [0.2, 0.25) is 0 Å². The molecule has 20 N–H and O–H groups in total. The van der Waals surface area contributed by atoms with Crippen LogP contribution in [-0.2, 0) is 44.8 Å². The number of carboxylic acids is 1. The highest BCUT2D eigenvalue weighted by atomic mass is 16.4. The average Bonchev–Trinajstić information content (AvgIpc) is 3.25. The molecule has 0 aliphatic carbocycles. The summed E-state index contributed by atoms with van der Waals surface area (Å²) in [5.74, 6) is -7.34. The van der Waals surface area contributed by atoms with Crippen LogP contribution >= 0.6 is 0 Å². The molecule has 0 aromatic heterocycles. The molecule has 0 aliphatic heterocycles. The zero-order chi connectivity index (χ0) is 50.6. The summed E-state index contributed by atoms with van der Waals surface area (Å²) in [4.78, 5) is 115. The van der Waals surface area contributed by atoms with Crippen LogP contribution in [0.4, 0.5) is 0 Å². The minimum Gasteiger partial charge on any atom is -0.480 e. The van der Waals surface area contributed by atoms with Gasteiger partial charge in [0.1, 0.15) is 42.8 Å². The third-order valence-electron chi connectivity index (χ3n) is 10.1. The van der Waals surface area contributed by atoms with Gasteiger partial charge in [0.05, 0.1) is 6.04 Å². The van der Waals surface area contributed by atoms with Gasteiger partial charge in [-0.3, -0.25) is 48.3 Å². The van der Waals surface area contributed by atoms with Crippen LogP contribution in [0.25, 0.3) is 0 Å². The molecule has 0 bridgehead atoms. The van der Waals surface area contributed by atoms with E-state index in [1.807, 2.05) is 13.8 Å². The van der Waals surface area contributed by atoms with Gasteiger partial charge < -0.3 is 76.7 Å². The minimum absolute atomic E-state index is 0.000134. The van der Waals surface area contributed by atoms with Crippen LogP contribution < -0.4 is 71.6 Å². The Hall–Kier alpha value is -6.56. The molecule has 7 atom stereocenters. The number of unbranched alkanes of at least 4 members (excludes halogenated alkanes) is 1. The van der Waals surface area contributed by atoms with Crippen molar-refractivity contribution in [2.24, 2.45) is 56.2 Å². The zero-order valence-electron chi connectivity index (χ0n) is 39.3. The number of carboxylic acid groups (broad SMARTS) is 1. The van der Waals surface area contributed by atoms with E-state index in [-0.39, 0.29) is 75.9 Å². The Balaban J connectivity index is 3.58. The summed E-state index contributed by atoms with van der Waals surface area (Å²) in [7, 11) is 0.